The molecule has 0 spiro atoms. The van der Waals surface area contributed by atoms with Crippen molar-refractivity contribution >= 4 is 11.8 Å². The Morgan fingerprint density at radius 1 is 1.29 bits per heavy atom. The smallest absolute Gasteiger partial charge is 0.0820 e. The van der Waals surface area contributed by atoms with Gasteiger partial charge in [-0.2, -0.15) is 5.10 Å². The maximum absolute atomic E-state index is 4.42. The molecule has 0 bridgehead atoms. The normalized spacial score (nSPS) is 20.4. The zero-order valence-corrected chi connectivity index (χ0v) is 10.4. The number of aromatic nitrogens is 2. The number of benzene rings is 1. The second kappa shape index (κ2) is 4.94. The predicted molar refractivity (Wildman–Crippen MR) is 71.4 cm³/mol. The lowest BCUT2D eigenvalue weighted by Crippen LogP contribution is -2.24. The highest BCUT2D eigenvalue weighted by Gasteiger charge is 2.16. The molecule has 1 saturated heterocycles. The van der Waals surface area contributed by atoms with Crippen LogP contribution in [0.4, 0.5) is 0 Å². The number of hydrogen-bond acceptors (Lipinski definition) is 3. The summed E-state index contributed by atoms with van der Waals surface area (Å²) in [6, 6.07) is 10.2. The van der Waals surface area contributed by atoms with Crippen molar-refractivity contribution < 1.29 is 0 Å². The van der Waals surface area contributed by atoms with E-state index in [4.69, 9.17) is 0 Å². The van der Waals surface area contributed by atoms with Crippen LogP contribution in [-0.4, -0.2) is 22.1 Å². The highest BCUT2D eigenvalue weighted by atomic mass is 32.2. The molecule has 2 heterocycles. The van der Waals surface area contributed by atoms with Crippen LogP contribution in [0.3, 0.4) is 0 Å². The van der Waals surface area contributed by atoms with Crippen LogP contribution in [0.15, 0.2) is 42.7 Å². The summed E-state index contributed by atoms with van der Waals surface area (Å²) in [5.74, 6) is 1.23. The van der Waals surface area contributed by atoms with E-state index in [1.807, 2.05) is 40.8 Å². The van der Waals surface area contributed by atoms with E-state index in [-0.39, 0.29) is 0 Å². The fraction of sp³-hybridized carbons (Fsp3) is 0.308. The molecule has 2 aromatic rings. The minimum atomic E-state index is 0.404. The van der Waals surface area contributed by atoms with E-state index in [9.17, 15) is 0 Å². The summed E-state index contributed by atoms with van der Waals surface area (Å²) in [4.78, 5) is 0. The van der Waals surface area contributed by atoms with Gasteiger partial charge in [0.1, 0.15) is 0 Å². The van der Waals surface area contributed by atoms with E-state index in [1.54, 1.807) is 0 Å². The molecule has 0 amide bonds. The van der Waals surface area contributed by atoms with Gasteiger partial charge in [-0.3, -0.25) is 0 Å². The number of thioether (sulfide) groups is 1. The first kappa shape index (κ1) is 10.9. The second-order valence-electron chi connectivity index (χ2n) is 4.11. The topological polar surface area (TPSA) is 29.9 Å². The van der Waals surface area contributed by atoms with Crippen molar-refractivity contribution in [3.05, 3.63) is 48.3 Å². The lowest BCUT2D eigenvalue weighted by atomic mass is 10.3. The van der Waals surface area contributed by atoms with Crippen LogP contribution in [0.5, 0.6) is 0 Å². The molecule has 88 valence electrons. The molecule has 1 atom stereocenters. The lowest BCUT2D eigenvalue weighted by Gasteiger charge is -2.21. The third-order valence-corrected chi connectivity index (χ3v) is 4.16. The number of nitrogens with one attached hydrogen (secondary N) is 1. The number of para-hydroxylation sites is 1. The Kier molecular flexibility index (Phi) is 3.16. The highest BCUT2D eigenvalue weighted by molar-refractivity contribution is 7.99. The van der Waals surface area contributed by atoms with Crippen molar-refractivity contribution in [1.29, 1.82) is 0 Å². The van der Waals surface area contributed by atoms with Gasteiger partial charge in [0.25, 0.3) is 0 Å². The molecule has 1 aliphatic rings. The van der Waals surface area contributed by atoms with Crippen molar-refractivity contribution in [3.8, 4) is 5.69 Å². The number of rotatable bonds is 2. The standard InChI is InChI=1S/C13H15N3S/c1-2-5-12(6-3-1)16-10-11(9-15-16)13-14-7-4-8-17-13/h1-3,5-6,9-10,13-14H,4,7-8H2. The first-order chi connectivity index (χ1) is 8.43. The fourth-order valence-corrected chi connectivity index (χ4v) is 3.07. The summed E-state index contributed by atoms with van der Waals surface area (Å²) >= 11 is 1.96. The average molecular weight is 245 g/mol. The molecule has 1 aliphatic heterocycles. The Hall–Kier alpha value is -1.26. The largest absolute Gasteiger partial charge is 0.302 e. The third-order valence-electron chi connectivity index (χ3n) is 2.86. The first-order valence-electron chi connectivity index (χ1n) is 5.88. The molecular formula is C13H15N3S. The van der Waals surface area contributed by atoms with E-state index in [2.05, 4.69) is 28.7 Å². The highest BCUT2D eigenvalue weighted by Crippen LogP contribution is 2.29. The Labute approximate surface area is 105 Å². The summed E-state index contributed by atoms with van der Waals surface area (Å²) in [6.07, 6.45) is 5.34. The van der Waals surface area contributed by atoms with Crippen LogP contribution in [0, 0.1) is 0 Å². The average Bonchev–Trinajstić information content (AvgIpc) is 2.90. The van der Waals surface area contributed by atoms with Crippen molar-refractivity contribution in [1.82, 2.24) is 15.1 Å². The summed E-state index contributed by atoms with van der Waals surface area (Å²) in [7, 11) is 0. The monoisotopic (exact) mass is 245 g/mol. The van der Waals surface area contributed by atoms with Crippen LogP contribution < -0.4 is 5.32 Å². The van der Waals surface area contributed by atoms with Gasteiger partial charge in [-0.05, 0) is 30.9 Å². The van der Waals surface area contributed by atoms with Crippen LogP contribution in [-0.2, 0) is 0 Å². The van der Waals surface area contributed by atoms with Crippen LogP contribution in [0.25, 0.3) is 5.69 Å². The van der Waals surface area contributed by atoms with Crippen LogP contribution in [0.1, 0.15) is 17.4 Å². The quantitative estimate of drug-likeness (QED) is 0.882. The predicted octanol–water partition coefficient (Wildman–Crippen LogP) is 2.60. The molecule has 17 heavy (non-hydrogen) atoms. The van der Waals surface area contributed by atoms with Gasteiger partial charge in [-0.1, -0.05) is 18.2 Å². The summed E-state index contributed by atoms with van der Waals surface area (Å²) in [6.45, 7) is 1.11. The van der Waals surface area contributed by atoms with Gasteiger partial charge in [0, 0.05) is 11.8 Å². The van der Waals surface area contributed by atoms with Crippen LogP contribution >= 0.6 is 11.8 Å². The Balaban J connectivity index is 1.83. The minimum absolute atomic E-state index is 0.404. The zero-order valence-electron chi connectivity index (χ0n) is 9.54. The zero-order chi connectivity index (χ0) is 11.5. The van der Waals surface area contributed by atoms with Crippen molar-refractivity contribution in [2.24, 2.45) is 0 Å². The van der Waals surface area contributed by atoms with Gasteiger partial charge in [-0.15, -0.1) is 11.8 Å². The molecule has 3 rings (SSSR count). The second-order valence-corrected chi connectivity index (χ2v) is 5.33. The molecule has 0 radical (unpaired) electrons. The minimum Gasteiger partial charge on any atom is -0.302 e. The molecule has 1 unspecified atom stereocenters. The fourth-order valence-electron chi connectivity index (χ4n) is 1.97. The van der Waals surface area contributed by atoms with E-state index in [0.717, 1.165) is 12.2 Å². The summed E-state index contributed by atoms with van der Waals surface area (Å²) in [5.41, 5.74) is 2.37. The van der Waals surface area contributed by atoms with E-state index in [0.29, 0.717) is 5.37 Å². The maximum Gasteiger partial charge on any atom is 0.0820 e. The molecule has 1 N–H and O–H groups in total. The third kappa shape index (κ3) is 2.37. The Morgan fingerprint density at radius 2 is 2.18 bits per heavy atom. The molecule has 1 aromatic heterocycles. The first-order valence-corrected chi connectivity index (χ1v) is 6.93. The molecule has 1 fully saturated rings. The van der Waals surface area contributed by atoms with Crippen molar-refractivity contribution in [2.45, 2.75) is 11.8 Å². The Bertz CT molecular complexity index is 474. The SMILES string of the molecule is c1ccc(-n2cc(C3NCCCS3)cn2)cc1. The molecule has 0 aliphatic carbocycles. The number of hydrogen-bond donors (Lipinski definition) is 1. The van der Waals surface area contributed by atoms with Crippen molar-refractivity contribution in [3.63, 3.8) is 0 Å². The van der Waals surface area contributed by atoms with E-state index < -0.39 is 0 Å². The van der Waals surface area contributed by atoms with Gasteiger partial charge < -0.3 is 5.32 Å². The summed E-state index contributed by atoms with van der Waals surface area (Å²) in [5, 5.41) is 8.34. The Morgan fingerprint density at radius 3 is 2.94 bits per heavy atom. The molecule has 4 heteroatoms. The van der Waals surface area contributed by atoms with Gasteiger partial charge in [0.2, 0.25) is 0 Å². The van der Waals surface area contributed by atoms with E-state index in [1.165, 1.54) is 17.7 Å². The number of nitrogens with zero attached hydrogens (tertiary/aromatic N) is 2. The molecule has 1 aromatic carbocycles. The van der Waals surface area contributed by atoms with Gasteiger partial charge in [0.05, 0.1) is 17.3 Å². The van der Waals surface area contributed by atoms with Gasteiger partial charge in [0.15, 0.2) is 0 Å². The van der Waals surface area contributed by atoms with Crippen LogP contribution in [0.2, 0.25) is 0 Å². The van der Waals surface area contributed by atoms with Crippen molar-refractivity contribution in [2.75, 3.05) is 12.3 Å². The molecular weight excluding hydrogens is 230 g/mol. The maximum atomic E-state index is 4.42. The van der Waals surface area contributed by atoms with Gasteiger partial charge in [-0.25, -0.2) is 4.68 Å². The molecule has 0 saturated carbocycles. The van der Waals surface area contributed by atoms with Gasteiger partial charge >= 0.3 is 0 Å². The summed E-state index contributed by atoms with van der Waals surface area (Å²) < 4.78 is 1.94. The molecule has 3 nitrogen and oxygen atoms in total. The lowest BCUT2D eigenvalue weighted by molar-refractivity contribution is 0.643. The van der Waals surface area contributed by atoms with E-state index >= 15 is 0 Å².